The van der Waals surface area contributed by atoms with E-state index < -0.39 is 0 Å². The molecule has 1 aromatic heterocycles. The van der Waals surface area contributed by atoms with Crippen molar-refractivity contribution in [1.82, 2.24) is 9.97 Å². The number of rotatable bonds is 4. The number of anilines is 3. The number of halogens is 1. The third kappa shape index (κ3) is 2.79. The standard InChI is InChI=1S/C13H15BrN4/c1-3-15-13-16-9-11(14)12(17-13)18(2)10-7-5-4-6-8-10/h4-9H,3H2,1-2H3,(H,15,16,17). The number of hydrogen-bond donors (Lipinski definition) is 1. The SMILES string of the molecule is CCNc1ncc(Br)c(N(C)c2ccccc2)n1. The van der Waals surface area contributed by atoms with Gasteiger partial charge < -0.3 is 10.2 Å². The van der Waals surface area contributed by atoms with Gasteiger partial charge in [-0.3, -0.25) is 0 Å². The molecule has 0 saturated heterocycles. The summed E-state index contributed by atoms with van der Waals surface area (Å²) < 4.78 is 0.871. The minimum atomic E-state index is 0.637. The molecule has 0 radical (unpaired) electrons. The Morgan fingerprint density at radius 1 is 1.28 bits per heavy atom. The van der Waals surface area contributed by atoms with E-state index in [9.17, 15) is 0 Å². The Morgan fingerprint density at radius 3 is 2.67 bits per heavy atom. The molecule has 0 aliphatic heterocycles. The monoisotopic (exact) mass is 306 g/mol. The first-order valence-electron chi connectivity index (χ1n) is 5.77. The second-order valence-electron chi connectivity index (χ2n) is 3.79. The van der Waals surface area contributed by atoms with Gasteiger partial charge in [0.2, 0.25) is 5.95 Å². The number of nitrogens with zero attached hydrogens (tertiary/aromatic N) is 3. The van der Waals surface area contributed by atoms with Crippen molar-refractivity contribution in [2.24, 2.45) is 0 Å². The Morgan fingerprint density at radius 2 is 2.00 bits per heavy atom. The largest absolute Gasteiger partial charge is 0.354 e. The number of nitrogens with one attached hydrogen (secondary N) is 1. The van der Waals surface area contributed by atoms with Crippen LogP contribution in [0, 0.1) is 0 Å². The van der Waals surface area contributed by atoms with Gasteiger partial charge in [0.1, 0.15) is 0 Å². The van der Waals surface area contributed by atoms with Crippen LogP contribution in [-0.4, -0.2) is 23.6 Å². The topological polar surface area (TPSA) is 41.1 Å². The molecule has 0 aliphatic rings. The zero-order chi connectivity index (χ0) is 13.0. The second kappa shape index (κ2) is 5.82. The first kappa shape index (κ1) is 12.8. The molecule has 1 N–H and O–H groups in total. The summed E-state index contributed by atoms with van der Waals surface area (Å²) in [5, 5.41) is 3.11. The highest BCUT2D eigenvalue weighted by atomic mass is 79.9. The fourth-order valence-corrected chi connectivity index (χ4v) is 2.07. The quantitative estimate of drug-likeness (QED) is 0.939. The summed E-state index contributed by atoms with van der Waals surface area (Å²) in [6.45, 7) is 2.82. The van der Waals surface area contributed by atoms with Gasteiger partial charge in [-0.15, -0.1) is 0 Å². The molecule has 0 aliphatic carbocycles. The van der Waals surface area contributed by atoms with Crippen molar-refractivity contribution in [1.29, 1.82) is 0 Å². The third-order valence-corrected chi connectivity index (χ3v) is 3.08. The molecule has 0 fully saturated rings. The predicted molar refractivity (Wildman–Crippen MR) is 78.4 cm³/mol. The maximum absolute atomic E-state index is 4.50. The third-order valence-electron chi connectivity index (χ3n) is 2.52. The van der Waals surface area contributed by atoms with Crippen molar-refractivity contribution >= 4 is 33.4 Å². The van der Waals surface area contributed by atoms with E-state index in [0.717, 1.165) is 22.5 Å². The van der Waals surface area contributed by atoms with Crippen LogP contribution >= 0.6 is 15.9 Å². The molecule has 0 spiro atoms. The van der Waals surface area contributed by atoms with E-state index in [4.69, 9.17) is 0 Å². The molecule has 1 aromatic carbocycles. The Hall–Kier alpha value is -1.62. The van der Waals surface area contributed by atoms with Crippen LogP contribution in [0.1, 0.15) is 6.92 Å². The van der Waals surface area contributed by atoms with Crippen molar-refractivity contribution in [2.75, 3.05) is 23.8 Å². The maximum atomic E-state index is 4.50. The molecule has 5 heteroatoms. The molecule has 1 heterocycles. The van der Waals surface area contributed by atoms with E-state index in [1.165, 1.54) is 0 Å². The highest BCUT2D eigenvalue weighted by Crippen LogP contribution is 2.28. The second-order valence-corrected chi connectivity index (χ2v) is 4.64. The Bertz CT molecular complexity index is 516. The highest BCUT2D eigenvalue weighted by Gasteiger charge is 2.11. The maximum Gasteiger partial charge on any atom is 0.224 e. The first-order chi connectivity index (χ1) is 8.72. The van der Waals surface area contributed by atoms with Crippen LogP contribution in [0.15, 0.2) is 41.0 Å². The molecule has 0 saturated carbocycles. The number of benzene rings is 1. The normalized spacial score (nSPS) is 10.2. The van der Waals surface area contributed by atoms with Gasteiger partial charge in [-0.1, -0.05) is 18.2 Å². The van der Waals surface area contributed by atoms with E-state index >= 15 is 0 Å². The van der Waals surface area contributed by atoms with Gasteiger partial charge >= 0.3 is 0 Å². The molecule has 4 nitrogen and oxygen atoms in total. The Balaban J connectivity index is 2.35. The van der Waals surface area contributed by atoms with E-state index in [1.54, 1.807) is 6.20 Å². The summed E-state index contributed by atoms with van der Waals surface area (Å²) in [5.74, 6) is 1.48. The lowest BCUT2D eigenvalue weighted by Crippen LogP contribution is -2.13. The van der Waals surface area contributed by atoms with Gasteiger partial charge in [0.05, 0.1) is 4.47 Å². The van der Waals surface area contributed by atoms with Gasteiger partial charge in [-0.25, -0.2) is 4.98 Å². The van der Waals surface area contributed by atoms with Crippen LogP contribution in [0.3, 0.4) is 0 Å². The summed E-state index contributed by atoms with van der Waals surface area (Å²) in [4.78, 5) is 10.7. The van der Waals surface area contributed by atoms with Gasteiger partial charge in [-0.05, 0) is 35.0 Å². The van der Waals surface area contributed by atoms with E-state index in [-0.39, 0.29) is 0 Å². The smallest absolute Gasteiger partial charge is 0.224 e. The summed E-state index contributed by atoms with van der Waals surface area (Å²) in [6, 6.07) is 10.1. The predicted octanol–water partition coefficient (Wildman–Crippen LogP) is 3.44. The van der Waals surface area contributed by atoms with E-state index in [1.807, 2.05) is 49.2 Å². The van der Waals surface area contributed by atoms with Crippen LogP contribution in [0.4, 0.5) is 17.5 Å². The van der Waals surface area contributed by atoms with Crippen molar-refractivity contribution in [2.45, 2.75) is 6.92 Å². The van der Waals surface area contributed by atoms with Crippen molar-refractivity contribution in [3.8, 4) is 0 Å². The van der Waals surface area contributed by atoms with Gasteiger partial charge in [0.25, 0.3) is 0 Å². The summed E-state index contributed by atoms with van der Waals surface area (Å²) >= 11 is 3.48. The highest BCUT2D eigenvalue weighted by molar-refractivity contribution is 9.10. The van der Waals surface area contributed by atoms with Gasteiger partial charge in [0.15, 0.2) is 5.82 Å². The Kier molecular flexibility index (Phi) is 4.15. The van der Waals surface area contributed by atoms with Gasteiger partial charge in [-0.2, -0.15) is 4.98 Å². The molecule has 0 unspecified atom stereocenters. The van der Waals surface area contributed by atoms with E-state index in [0.29, 0.717) is 5.95 Å². The lowest BCUT2D eigenvalue weighted by Gasteiger charge is -2.20. The molecule has 18 heavy (non-hydrogen) atoms. The minimum Gasteiger partial charge on any atom is -0.354 e. The molecule has 0 amide bonds. The van der Waals surface area contributed by atoms with Crippen molar-refractivity contribution < 1.29 is 0 Å². The summed E-state index contributed by atoms with van der Waals surface area (Å²) in [7, 11) is 1.98. The van der Waals surface area contributed by atoms with Crippen molar-refractivity contribution in [3.63, 3.8) is 0 Å². The lowest BCUT2D eigenvalue weighted by molar-refractivity contribution is 1.04. The average Bonchev–Trinajstić information content (AvgIpc) is 2.41. The first-order valence-corrected chi connectivity index (χ1v) is 6.57. The molecule has 2 rings (SSSR count). The van der Waals surface area contributed by atoms with Crippen LogP contribution in [0.2, 0.25) is 0 Å². The van der Waals surface area contributed by atoms with Crippen molar-refractivity contribution in [3.05, 3.63) is 41.0 Å². The zero-order valence-electron chi connectivity index (χ0n) is 10.4. The number of aromatic nitrogens is 2. The van der Waals surface area contributed by atoms with Gasteiger partial charge in [0, 0.05) is 25.5 Å². The fraction of sp³-hybridized carbons (Fsp3) is 0.231. The molecule has 0 bridgehead atoms. The number of para-hydroxylation sites is 1. The molecular weight excluding hydrogens is 292 g/mol. The van der Waals surface area contributed by atoms with Crippen LogP contribution in [-0.2, 0) is 0 Å². The zero-order valence-corrected chi connectivity index (χ0v) is 12.0. The molecule has 94 valence electrons. The lowest BCUT2D eigenvalue weighted by atomic mass is 10.3. The van der Waals surface area contributed by atoms with Crippen LogP contribution in [0.25, 0.3) is 0 Å². The summed E-state index contributed by atoms with van der Waals surface area (Å²) in [6.07, 6.45) is 1.76. The minimum absolute atomic E-state index is 0.637. The number of hydrogen-bond acceptors (Lipinski definition) is 4. The summed E-state index contributed by atoms with van der Waals surface area (Å²) in [5.41, 5.74) is 1.08. The fourth-order valence-electron chi connectivity index (χ4n) is 1.61. The van der Waals surface area contributed by atoms with Crippen LogP contribution in [0.5, 0.6) is 0 Å². The van der Waals surface area contributed by atoms with Crippen LogP contribution < -0.4 is 10.2 Å². The average molecular weight is 307 g/mol. The molecule has 2 aromatic rings. The molecule has 0 atom stereocenters. The Labute approximate surface area is 115 Å². The molecular formula is C13H15BrN4. The van der Waals surface area contributed by atoms with E-state index in [2.05, 4.69) is 31.2 Å².